The molecule has 8 rings (SSSR count). The first-order valence-electron chi connectivity index (χ1n) is 22.9. The highest BCUT2D eigenvalue weighted by Crippen LogP contribution is 2.29. The van der Waals surface area contributed by atoms with Gasteiger partial charge in [0.1, 0.15) is 12.1 Å². The molecule has 0 aromatic heterocycles. The van der Waals surface area contributed by atoms with Gasteiger partial charge >= 0.3 is 11.9 Å². The Balaban J connectivity index is 0.000000183. The second kappa shape index (κ2) is 26.6. The van der Waals surface area contributed by atoms with Gasteiger partial charge in [0.2, 0.25) is 11.1 Å². The first kappa shape index (κ1) is 50.0. The van der Waals surface area contributed by atoms with Gasteiger partial charge in [-0.3, -0.25) is 24.2 Å². The molecular formula is C56H61ClN4O6. The average Bonchev–Trinajstić information content (AvgIpc) is 3.39. The van der Waals surface area contributed by atoms with Crippen LogP contribution in [0.4, 0.5) is 0 Å². The zero-order chi connectivity index (χ0) is 47.2. The normalized spacial score (nSPS) is 16.2. The smallest absolute Gasteiger partial charge is 0.329 e. The number of carbonyl (C=O) groups excluding carboxylic acids is 4. The number of hydrogen-bond donors (Lipinski definition) is 1. The lowest BCUT2D eigenvalue weighted by Crippen LogP contribution is -2.59. The van der Waals surface area contributed by atoms with Crippen LogP contribution in [0.2, 0.25) is 0 Å². The summed E-state index contributed by atoms with van der Waals surface area (Å²) < 4.78 is 9.89. The maximum atomic E-state index is 13.9. The molecule has 0 unspecified atom stereocenters. The van der Waals surface area contributed by atoms with Crippen molar-refractivity contribution in [3.05, 3.63) is 215 Å². The van der Waals surface area contributed by atoms with E-state index >= 15 is 0 Å². The zero-order valence-electron chi connectivity index (χ0n) is 38.4. The second-order valence-electron chi connectivity index (χ2n) is 16.5. The van der Waals surface area contributed by atoms with Crippen LogP contribution in [0, 0.1) is 0 Å². The molecule has 0 saturated carbocycles. The predicted octanol–water partition coefficient (Wildman–Crippen LogP) is 8.01. The largest absolute Gasteiger partial charge is 0.468 e. The minimum absolute atomic E-state index is 0.0643. The lowest BCUT2D eigenvalue weighted by Gasteiger charge is -2.41. The summed E-state index contributed by atoms with van der Waals surface area (Å²) in [4.78, 5) is 55.9. The van der Waals surface area contributed by atoms with E-state index in [1.54, 1.807) is 4.90 Å². The fraction of sp³-hybridized carbons (Fsp3) is 0.286. The molecule has 0 aliphatic carbocycles. The number of methoxy groups -OCH3 is 2. The van der Waals surface area contributed by atoms with Crippen LogP contribution in [0.3, 0.4) is 0 Å². The van der Waals surface area contributed by atoms with Gasteiger partial charge in [-0.05, 0) is 57.8 Å². The van der Waals surface area contributed by atoms with E-state index in [1.165, 1.54) is 25.3 Å². The number of amides is 1. The summed E-state index contributed by atoms with van der Waals surface area (Å²) in [5, 5.41) is 2.83. The Morgan fingerprint density at radius 1 is 0.522 bits per heavy atom. The molecule has 2 atom stereocenters. The summed E-state index contributed by atoms with van der Waals surface area (Å²) in [7, 11) is 2.83. The van der Waals surface area contributed by atoms with Gasteiger partial charge in [-0.15, -0.1) is 0 Å². The van der Waals surface area contributed by atoms with Crippen molar-refractivity contribution >= 4 is 34.7 Å². The van der Waals surface area contributed by atoms with Crippen molar-refractivity contribution in [2.75, 3.05) is 66.6 Å². The van der Waals surface area contributed by atoms with E-state index < -0.39 is 12.0 Å². The molecule has 348 valence electrons. The van der Waals surface area contributed by atoms with Crippen LogP contribution in [0.25, 0.3) is 0 Å². The fourth-order valence-electron chi connectivity index (χ4n) is 8.50. The number of nitrogens with one attached hydrogen (secondary N) is 1. The molecule has 2 aliphatic heterocycles. The van der Waals surface area contributed by atoms with Crippen molar-refractivity contribution in [1.29, 1.82) is 0 Å². The Bertz CT molecular complexity index is 2320. The van der Waals surface area contributed by atoms with Gasteiger partial charge in [-0.2, -0.15) is 0 Å². The highest BCUT2D eigenvalue weighted by atomic mass is 35.5. The summed E-state index contributed by atoms with van der Waals surface area (Å²) in [5.74, 6) is -1.43. The van der Waals surface area contributed by atoms with Crippen LogP contribution < -0.4 is 5.32 Å². The van der Waals surface area contributed by atoms with Crippen molar-refractivity contribution in [2.24, 2.45) is 0 Å². The second-order valence-corrected chi connectivity index (χ2v) is 16.9. The monoisotopic (exact) mass is 920 g/mol. The lowest BCUT2D eigenvalue weighted by atomic mass is 9.89. The van der Waals surface area contributed by atoms with Crippen LogP contribution in [0.5, 0.6) is 0 Å². The fourth-order valence-corrected chi connectivity index (χ4v) is 8.75. The highest BCUT2D eigenvalue weighted by Gasteiger charge is 2.39. The SMILES string of the molecule is COC(=O)[C@@H]1CN(CCc2ccccc2)CCN1.COC(=O)[C@@H]1CN(CCc2ccccc2)CCN1C(=O)C(c1ccccc1)c1ccccc1.O=C(Cl)C(c1ccccc1)c1ccccc1. The van der Waals surface area contributed by atoms with Crippen LogP contribution in [0.1, 0.15) is 45.2 Å². The first-order chi connectivity index (χ1) is 32.7. The Kier molecular flexibility index (Phi) is 19.9. The Morgan fingerprint density at radius 3 is 1.31 bits per heavy atom. The van der Waals surface area contributed by atoms with Crippen molar-refractivity contribution in [2.45, 2.75) is 36.8 Å². The van der Waals surface area contributed by atoms with E-state index in [2.05, 4.69) is 51.5 Å². The quantitative estimate of drug-likeness (QED) is 0.0860. The number of esters is 2. The van der Waals surface area contributed by atoms with Gasteiger partial charge in [0.05, 0.1) is 26.1 Å². The number of piperazine rings is 2. The van der Waals surface area contributed by atoms with E-state index in [4.69, 9.17) is 21.1 Å². The third kappa shape index (κ3) is 15.0. The van der Waals surface area contributed by atoms with E-state index in [0.29, 0.717) is 13.1 Å². The topological polar surface area (TPSA) is 108 Å². The molecule has 0 spiro atoms. The lowest BCUT2D eigenvalue weighted by molar-refractivity contribution is -0.156. The minimum atomic E-state index is -0.623. The third-order valence-corrected chi connectivity index (χ3v) is 12.3. The average molecular weight is 922 g/mol. The Labute approximate surface area is 400 Å². The minimum Gasteiger partial charge on any atom is -0.468 e. The van der Waals surface area contributed by atoms with Gasteiger partial charge in [0, 0.05) is 52.4 Å². The molecule has 6 aromatic rings. The number of rotatable bonds is 14. The van der Waals surface area contributed by atoms with Crippen LogP contribution >= 0.6 is 11.6 Å². The number of nitrogens with zero attached hydrogens (tertiary/aromatic N) is 3. The first-order valence-corrected chi connectivity index (χ1v) is 23.2. The third-order valence-electron chi connectivity index (χ3n) is 12.1. The van der Waals surface area contributed by atoms with Gasteiger partial charge in [0.25, 0.3) is 0 Å². The summed E-state index contributed by atoms with van der Waals surface area (Å²) >= 11 is 5.67. The van der Waals surface area contributed by atoms with E-state index in [-0.39, 0.29) is 35.0 Å². The molecule has 1 N–H and O–H groups in total. The molecule has 10 nitrogen and oxygen atoms in total. The van der Waals surface area contributed by atoms with Crippen molar-refractivity contribution in [1.82, 2.24) is 20.0 Å². The number of halogens is 1. The van der Waals surface area contributed by atoms with Gasteiger partial charge in [0.15, 0.2) is 0 Å². The molecule has 2 aliphatic rings. The molecule has 2 fully saturated rings. The number of carbonyl (C=O) groups is 4. The van der Waals surface area contributed by atoms with E-state index in [0.717, 1.165) is 74.4 Å². The van der Waals surface area contributed by atoms with Gasteiger partial charge in [-0.25, -0.2) is 4.79 Å². The van der Waals surface area contributed by atoms with Crippen LogP contribution in [-0.4, -0.2) is 116 Å². The van der Waals surface area contributed by atoms with Gasteiger partial charge < -0.3 is 19.7 Å². The summed E-state index contributed by atoms with van der Waals surface area (Å²) in [5.41, 5.74) is 6.29. The van der Waals surface area contributed by atoms with Crippen LogP contribution in [0.15, 0.2) is 182 Å². The number of benzene rings is 6. The standard InChI is InChI=1S/C28H30N2O3.C14H11ClO.C14H20N2O2/c1-33-28(32)25-21-29(18-17-22-11-5-2-6-12-22)19-20-30(25)27(31)26(23-13-7-3-8-14-23)24-15-9-4-10-16-24;15-14(16)13(11-7-3-1-4-8-11)12-9-5-2-6-10-12;1-18-14(17)13-11-16(10-8-15-13)9-7-12-5-3-2-4-6-12/h2-16,25-26H,17-21H2,1H3;1-10,13H;2-6,13,15H,7-11H2,1H3/t25-;;13-/m0.0/s1. The van der Waals surface area contributed by atoms with Crippen LogP contribution in [-0.2, 0) is 41.5 Å². The van der Waals surface area contributed by atoms with Crippen molar-refractivity contribution in [3.8, 4) is 0 Å². The van der Waals surface area contributed by atoms with E-state index in [9.17, 15) is 19.2 Å². The summed E-state index contributed by atoms with van der Waals surface area (Å²) in [6.45, 7) is 6.07. The molecule has 1 amide bonds. The van der Waals surface area contributed by atoms with E-state index in [1.807, 2.05) is 146 Å². The molecule has 2 heterocycles. The molecular weight excluding hydrogens is 860 g/mol. The molecule has 0 radical (unpaired) electrons. The maximum absolute atomic E-state index is 13.9. The molecule has 2 saturated heterocycles. The summed E-state index contributed by atoms with van der Waals surface area (Å²) in [6, 6.07) is 58.6. The molecule has 67 heavy (non-hydrogen) atoms. The van der Waals surface area contributed by atoms with Gasteiger partial charge in [-0.1, -0.05) is 182 Å². The predicted molar refractivity (Wildman–Crippen MR) is 265 cm³/mol. The highest BCUT2D eigenvalue weighted by molar-refractivity contribution is 6.65. The zero-order valence-corrected chi connectivity index (χ0v) is 39.1. The molecule has 0 bridgehead atoms. The Hall–Kier alpha value is -6.43. The van der Waals surface area contributed by atoms with Crippen molar-refractivity contribution < 1.29 is 28.7 Å². The molecule has 11 heteroatoms. The maximum Gasteiger partial charge on any atom is 0.329 e. The molecule has 6 aromatic carbocycles. The Morgan fingerprint density at radius 2 is 0.910 bits per heavy atom. The number of ether oxygens (including phenoxy) is 2. The summed E-state index contributed by atoms with van der Waals surface area (Å²) in [6.07, 6.45) is 1.92. The van der Waals surface area contributed by atoms with Crippen molar-refractivity contribution in [3.63, 3.8) is 0 Å². The number of hydrogen-bond acceptors (Lipinski definition) is 9.